The van der Waals surface area contributed by atoms with Crippen molar-refractivity contribution < 1.29 is 9.26 Å². The SMILES string of the molecule is CCNC(Cc1nc(C(C)(C)OC)no1)C(C)C. The molecule has 0 bridgehead atoms. The summed E-state index contributed by atoms with van der Waals surface area (Å²) in [6.07, 6.45) is 0.748. The van der Waals surface area contributed by atoms with E-state index in [0.29, 0.717) is 23.7 Å². The van der Waals surface area contributed by atoms with Crippen molar-refractivity contribution in [2.45, 2.75) is 52.7 Å². The first kappa shape index (κ1) is 15.1. The van der Waals surface area contributed by atoms with Crippen LogP contribution in [0.3, 0.4) is 0 Å². The lowest BCUT2D eigenvalue weighted by Gasteiger charge is -2.20. The lowest BCUT2D eigenvalue weighted by molar-refractivity contribution is 0.00973. The summed E-state index contributed by atoms with van der Waals surface area (Å²) in [5.74, 6) is 1.78. The maximum Gasteiger partial charge on any atom is 0.228 e. The zero-order valence-electron chi connectivity index (χ0n) is 12.3. The van der Waals surface area contributed by atoms with E-state index < -0.39 is 5.60 Å². The second kappa shape index (κ2) is 6.29. The Balaban J connectivity index is 2.74. The van der Waals surface area contributed by atoms with Gasteiger partial charge in [-0.25, -0.2) is 0 Å². The molecule has 0 saturated heterocycles. The van der Waals surface area contributed by atoms with Crippen LogP contribution in [0.4, 0.5) is 0 Å². The Morgan fingerprint density at radius 3 is 2.56 bits per heavy atom. The Morgan fingerprint density at radius 2 is 2.06 bits per heavy atom. The third kappa shape index (κ3) is 3.78. The molecule has 0 amide bonds. The van der Waals surface area contributed by atoms with Gasteiger partial charge in [-0.15, -0.1) is 0 Å². The highest BCUT2D eigenvalue weighted by Gasteiger charge is 2.27. The third-order valence-electron chi connectivity index (χ3n) is 3.18. The first-order valence-electron chi connectivity index (χ1n) is 6.52. The summed E-state index contributed by atoms with van der Waals surface area (Å²) >= 11 is 0. The van der Waals surface area contributed by atoms with Gasteiger partial charge in [0.25, 0.3) is 0 Å². The van der Waals surface area contributed by atoms with Gasteiger partial charge in [-0.3, -0.25) is 0 Å². The van der Waals surface area contributed by atoms with Gasteiger partial charge in [0.2, 0.25) is 11.7 Å². The fraction of sp³-hybridized carbons (Fsp3) is 0.846. The quantitative estimate of drug-likeness (QED) is 0.808. The fourth-order valence-corrected chi connectivity index (χ4v) is 1.67. The second-order valence-corrected chi connectivity index (χ2v) is 5.34. The number of likely N-dealkylation sites (N-methyl/N-ethyl adjacent to an activating group) is 1. The molecule has 18 heavy (non-hydrogen) atoms. The Morgan fingerprint density at radius 1 is 1.39 bits per heavy atom. The Bertz CT molecular complexity index is 361. The van der Waals surface area contributed by atoms with Gasteiger partial charge in [-0.2, -0.15) is 4.98 Å². The van der Waals surface area contributed by atoms with E-state index in [1.165, 1.54) is 0 Å². The molecule has 1 N–H and O–H groups in total. The summed E-state index contributed by atoms with van der Waals surface area (Å²) in [6.45, 7) is 11.3. The monoisotopic (exact) mass is 255 g/mol. The third-order valence-corrected chi connectivity index (χ3v) is 3.18. The summed E-state index contributed by atoms with van der Waals surface area (Å²) in [6, 6.07) is 0.356. The van der Waals surface area contributed by atoms with Crippen LogP contribution in [0.5, 0.6) is 0 Å². The first-order chi connectivity index (χ1) is 8.40. The number of methoxy groups -OCH3 is 1. The fourth-order valence-electron chi connectivity index (χ4n) is 1.67. The first-order valence-corrected chi connectivity index (χ1v) is 6.52. The second-order valence-electron chi connectivity index (χ2n) is 5.34. The van der Waals surface area contributed by atoms with Crippen molar-refractivity contribution in [1.82, 2.24) is 15.5 Å². The van der Waals surface area contributed by atoms with Crippen LogP contribution in [0.1, 0.15) is 46.3 Å². The average molecular weight is 255 g/mol. The lowest BCUT2D eigenvalue weighted by atomic mass is 10.0. The summed E-state index contributed by atoms with van der Waals surface area (Å²) in [4.78, 5) is 4.41. The molecule has 1 unspecified atom stereocenters. The predicted octanol–water partition coefficient (Wildman–Crippen LogP) is 2.13. The maximum atomic E-state index is 5.34. The van der Waals surface area contributed by atoms with Gasteiger partial charge in [0.1, 0.15) is 5.60 Å². The minimum Gasteiger partial charge on any atom is -0.371 e. The van der Waals surface area contributed by atoms with E-state index in [9.17, 15) is 0 Å². The average Bonchev–Trinajstić information content (AvgIpc) is 2.77. The summed E-state index contributed by atoms with van der Waals surface area (Å²) in [5.41, 5.74) is -0.507. The topological polar surface area (TPSA) is 60.2 Å². The molecular formula is C13H25N3O2. The van der Waals surface area contributed by atoms with Crippen LogP contribution in [-0.4, -0.2) is 29.8 Å². The smallest absolute Gasteiger partial charge is 0.228 e. The number of hydrogen-bond donors (Lipinski definition) is 1. The predicted molar refractivity (Wildman–Crippen MR) is 70.3 cm³/mol. The van der Waals surface area contributed by atoms with Crippen LogP contribution in [0.15, 0.2) is 4.52 Å². The minimum absolute atomic E-state index is 0.356. The Kier molecular flexibility index (Phi) is 5.28. The van der Waals surface area contributed by atoms with E-state index in [1.807, 2.05) is 13.8 Å². The van der Waals surface area contributed by atoms with Crippen molar-refractivity contribution in [3.8, 4) is 0 Å². The van der Waals surface area contributed by atoms with Gasteiger partial charge < -0.3 is 14.6 Å². The molecule has 104 valence electrons. The number of aromatic nitrogens is 2. The van der Waals surface area contributed by atoms with Crippen molar-refractivity contribution in [2.24, 2.45) is 5.92 Å². The van der Waals surface area contributed by atoms with E-state index in [-0.39, 0.29) is 0 Å². The molecule has 5 nitrogen and oxygen atoms in total. The van der Waals surface area contributed by atoms with Gasteiger partial charge in [0, 0.05) is 19.6 Å². The molecule has 0 saturated carbocycles. The molecule has 0 aromatic carbocycles. The molecule has 0 aliphatic rings. The highest BCUT2D eigenvalue weighted by Crippen LogP contribution is 2.21. The maximum absolute atomic E-state index is 5.34. The molecule has 5 heteroatoms. The van der Waals surface area contributed by atoms with E-state index in [1.54, 1.807) is 7.11 Å². The highest BCUT2D eigenvalue weighted by atomic mass is 16.5. The van der Waals surface area contributed by atoms with Crippen molar-refractivity contribution in [3.05, 3.63) is 11.7 Å². The number of nitrogens with zero attached hydrogens (tertiary/aromatic N) is 2. The molecule has 0 aliphatic carbocycles. The zero-order chi connectivity index (χ0) is 13.8. The Hall–Kier alpha value is -0.940. The number of hydrogen-bond acceptors (Lipinski definition) is 5. The Labute approximate surface area is 109 Å². The van der Waals surface area contributed by atoms with E-state index in [4.69, 9.17) is 9.26 Å². The van der Waals surface area contributed by atoms with Gasteiger partial charge >= 0.3 is 0 Å². The molecule has 0 radical (unpaired) electrons. The molecule has 1 rings (SSSR count). The van der Waals surface area contributed by atoms with Crippen molar-refractivity contribution in [2.75, 3.05) is 13.7 Å². The van der Waals surface area contributed by atoms with Crippen LogP contribution in [0.25, 0.3) is 0 Å². The zero-order valence-corrected chi connectivity index (χ0v) is 12.3. The van der Waals surface area contributed by atoms with Gasteiger partial charge in [-0.05, 0) is 26.3 Å². The molecule has 1 heterocycles. The number of nitrogens with one attached hydrogen (secondary N) is 1. The molecule has 0 spiro atoms. The van der Waals surface area contributed by atoms with Gasteiger partial charge in [0.15, 0.2) is 0 Å². The van der Waals surface area contributed by atoms with Crippen LogP contribution in [0, 0.1) is 5.92 Å². The van der Waals surface area contributed by atoms with Crippen LogP contribution in [-0.2, 0) is 16.8 Å². The molecule has 0 aliphatic heterocycles. The van der Waals surface area contributed by atoms with Crippen molar-refractivity contribution in [3.63, 3.8) is 0 Å². The van der Waals surface area contributed by atoms with Gasteiger partial charge in [0.05, 0.1) is 0 Å². The molecule has 1 aromatic rings. The lowest BCUT2D eigenvalue weighted by Crippen LogP contribution is -2.35. The number of rotatable bonds is 7. The van der Waals surface area contributed by atoms with E-state index >= 15 is 0 Å². The van der Waals surface area contributed by atoms with Crippen LogP contribution < -0.4 is 5.32 Å². The highest BCUT2D eigenvalue weighted by molar-refractivity contribution is 4.98. The minimum atomic E-state index is -0.507. The standard InChI is InChI=1S/C13H25N3O2/c1-7-14-10(9(2)3)8-11-15-12(16-18-11)13(4,5)17-6/h9-10,14H,7-8H2,1-6H3. The van der Waals surface area contributed by atoms with Crippen molar-refractivity contribution >= 4 is 0 Å². The summed E-state index contributed by atoms with van der Waals surface area (Å²) in [5, 5.41) is 7.43. The van der Waals surface area contributed by atoms with Crippen molar-refractivity contribution in [1.29, 1.82) is 0 Å². The summed E-state index contributed by atoms with van der Waals surface area (Å²) < 4.78 is 10.6. The van der Waals surface area contributed by atoms with Gasteiger partial charge in [-0.1, -0.05) is 25.9 Å². The normalized spacial score (nSPS) is 14.2. The largest absolute Gasteiger partial charge is 0.371 e. The number of ether oxygens (including phenoxy) is 1. The van der Waals surface area contributed by atoms with Crippen LogP contribution >= 0.6 is 0 Å². The van der Waals surface area contributed by atoms with E-state index in [0.717, 1.165) is 13.0 Å². The molecule has 1 aromatic heterocycles. The molecular weight excluding hydrogens is 230 g/mol. The van der Waals surface area contributed by atoms with E-state index in [2.05, 4.69) is 36.2 Å². The molecule has 1 atom stereocenters. The molecule has 0 fully saturated rings. The summed E-state index contributed by atoms with van der Waals surface area (Å²) in [7, 11) is 1.64. The van der Waals surface area contributed by atoms with Crippen LogP contribution in [0.2, 0.25) is 0 Å².